The second-order valence-corrected chi connectivity index (χ2v) is 7.81. The third-order valence-electron chi connectivity index (χ3n) is 5.58. The fourth-order valence-corrected chi connectivity index (χ4v) is 4.17. The highest BCUT2D eigenvalue weighted by molar-refractivity contribution is 6.30. The maximum absolute atomic E-state index is 13.3. The Morgan fingerprint density at radius 2 is 1.85 bits per heavy atom. The summed E-state index contributed by atoms with van der Waals surface area (Å²) < 4.78 is 11.1. The van der Waals surface area contributed by atoms with Gasteiger partial charge in [0.05, 0.1) is 6.04 Å². The molecule has 0 N–H and O–H groups in total. The Morgan fingerprint density at radius 3 is 2.63 bits per heavy atom. The van der Waals surface area contributed by atoms with Crippen LogP contribution in [0.5, 0.6) is 0 Å². The zero-order valence-corrected chi connectivity index (χ0v) is 16.2. The molecule has 2 aliphatic heterocycles. The number of ether oxygens (including phenoxy) is 1. The van der Waals surface area contributed by atoms with Crippen molar-refractivity contribution in [2.45, 2.75) is 50.5 Å². The van der Waals surface area contributed by atoms with Crippen LogP contribution in [0.3, 0.4) is 0 Å². The Hall–Kier alpha value is -1.85. The minimum atomic E-state index is -0.0427. The van der Waals surface area contributed by atoms with Crippen molar-refractivity contribution in [2.75, 3.05) is 19.8 Å². The number of carbonyl (C=O) groups is 1. The molecule has 6 heteroatoms. The number of amides is 1. The summed E-state index contributed by atoms with van der Waals surface area (Å²) in [6.07, 6.45) is 7.54. The van der Waals surface area contributed by atoms with E-state index in [1.807, 2.05) is 29.2 Å². The van der Waals surface area contributed by atoms with E-state index in [2.05, 4.69) is 4.98 Å². The molecule has 0 spiro atoms. The molecule has 1 aromatic carbocycles. The number of likely N-dealkylation sites (tertiary alicyclic amines) is 1. The van der Waals surface area contributed by atoms with Gasteiger partial charge in [-0.1, -0.05) is 36.6 Å². The number of hydrogen-bond donors (Lipinski definition) is 0. The van der Waals surface area contributed by atoms with Crippen LogP contribution in [0.15, 0.2) is 34.9 Å². The Morgan fingerprint density at radius 1 is 1.07 bits per heavy atom. The molecule has 3 heterocycles. The molecule has 27 heavy (non-hydrogen) atoms. The Balaban J connectivity index is 1.56. The molecule has 4 rings (SSSR count). The Bertz CT molecular complexity index is 768. The van der Waals surface area contributed by atoms with Gasteiger partial charge in [0.25, 0.3) is 5.91 Å². The fourth-order valence-electron chi connectivity index (χ4n) is 4.05. The van der Waals surface area contributed by atoms with Crippen LogP contribution >= 0.6 is 11.6 Å². The lowest BCUT2D eigenvalue weighted by Crippen LogP contribution is -2.35. The highest BCUT2D eigenvalue weighted by Crippen LogP contribution is 2.33. The molecule has 2 saturated heterocycles. The monoisotopic (exact) mass is 388 g/mol. The lowest BCUT2D eigenvalue weighted by atomic mass is 10.0. The van der Waals surface area contributed by atoms with Crippen molar-refractivity contribution in [3.05, 3.63) is 52.7 Å². The average Bonchev–Trinajstić information content (AvgIpc) is 3.07. The minimum absolute atomic E-state index is 0.0427. The molecule has 1 unspecified atom stereocenters. The molecule has 144 valence electrons. The van der Waals surface area contributed by atoms with Gasteiger partial charge in [-0.25, -0.2) is 4.98 Å². The molecule has 2 aromatic rings. The molecule has 5 nitrogen and oxygen atoms in total. The summed E-state index contributed by atoms with van der Waals surface area (Å²) in [5.74, 6) is 0.870. The largest absolute Gasteiger partial charge is 0.448 e. The molecule has 2 fully saturated rings. The number of aromatic nitrogens is 1. The highest BCUT2D eigenvalue weighted by atomic mass is 35.5. The molecular weight excluding hydrogens is 364 g/mol. The molecule has 0 radical (unpaired) electrons. The number of hydrogen-bond acceptors (Lipinski definition) is 4. The van der Waals surface area contributed by atoms with Gasteiger partial charge in [0.2, 0.25) is 0 Å². The van der Waals surface area contributed by atoms with Gasteiger partial charge in [-0.2, -0.15) is 0 Å². The van der Waals surface area contributed by atoms with Gasteiger partial charge in [-0.15, -0.1) is 0 Å². The average molecular weight is 389 g/mol. The first-order valence-electron chi connectivity index (χ1n) is 9.82. The van der Waals surface area contributed by atoms with Crippen LogP contribution in [0.1, 0.15) is 72.4 Å². The van der Waals surface area contributed by atoms with Crippen LogP contribution in [-0.4, -0.2) is 35.5 Å². The van der Waals surface area contributed by atoms with E-state index in [9.17, 15) is 4.79 Å². The lowest BCUT2D eigenvalue weighted by Gasteiger charge is -2.30. The van der Waals surface area contributed by atoms with Gasteiger partial charge in [-0.3, -0.25) is 4.79 Å². The molecule has 1 amide bonds. The van der Waals surface area contributed by atoms with E-state index >= 15 is 0 Å². The van der Waals surface area contributed by atoms with Crippen molar-refractivity contribution in [3.8, 4) is 0 Å². The first-order valence-corrected chi connectivity index (χ1v) is 10.2. The predicted octanol–water partition coefficient (Wildman–Crippen LogP) is 4.98. The van der Waals surface area contributed by atoms with Crippen molar-refractivity contribution in [2.24, 2.45) is 0 Å². The van der Waals surface area contributed by atoms with Gasteiger partial charge < -0.3 is 14.1 Å². The Kier molecular flexibility index (Phi) is 5.79. The van der Waals surface area contributed by atoms with Crippen molar-refractivity contribution < 1.29 is 13.9 Å². The summed E-state index contributed by atoms with van der Waals surface area (Å²) in [4.78, 5) is 19.8. The predicted molar refractivity (Wildman–Crippen MR) is 103 cm³/mol. The van der Waals surface area contributed by atoms with Crippen LogP contribution in [0.4, 0.5) is 0 Å². The second kappa shape index (κ2) is 8.44. The summed E-state index contributed by atoms with van der Waals surface area (Å²) in [7, 11) is 0. The molecule has 0 aliphatic carbocycles. The standard InChI is InChI=1S/C21H25ClN2O3/c22-17-7-5-15(6-8-17)19-4-2-1-3-11-24(19)21(25)18-14-27-20(23-18)16-9-12-26-13-10-16/h5-8,14,16,19H,1-4,9-13H2. The van der Waals surface area contributed by atoms with Crippen LogP contribution in [0.2, 0.25) is 5.02 Å². The topological polar surface area (TPSA) is 55.6 Å². The first-order chi connectivity index (χ1) is 13.2. The molecule has 0 bridgehead atoms. The maximum atomic E-state index is 13.3. The minimum Gasteiger partial charge on any atom is -0.448 e. The zero-order chi connectivity index (χ0) is 18.6. The second-order valence-electron chi connectivity index (χ2n) is 7.37. The van der Waals surface area contributed by atoms with Crippen LogP contribution in [0.25, 0.3) is 0 Å². The first kappa shape index (κ1) is 18.5. The zero-order valence-electron chi connectivity index (χ0n) is 15.4. The summed E-state index contributed by atoms with van der Waals surface area (Å²) in [5, 5.41) is 0.711. The van der Waals surface area contributed by atoms with Crippen molar-refractivity contribution in [1.82, 2.24) is 9.88 Å². The highest BCUT2D eigenvalue weighted by Gasteiger charge is 2.30. The summed E-state index contributed by atoms with van der Waals surface area (Å²) in [5.41, 5.74) is 1.54. The fraction of sp³-hybridized carbons (Fsp3) is 0.524. The summed E-state index contributed by atoms with van der Waals surface area (Å²) in [6, 6.07) is 7.89. The molecule has 2 aliphatic rings. The van der Waals surface area contributed by atoms with Crippen molar-refractivity contribution >= 4 is 17.5 Å². The van der Waals surface area contributed by atoms with Gasteiger partial charge in [0, 0.05) is 30.7 Å². The third kappa shape index (κ3) is 4.19. The van der Waals surface area contributed by atoms with E-state index in [0.717, 1.165) is 63.8 Å². The van der Waals surface area contributed by atoms with Crippen LogP contribution in [0, 0.1) is 0 Å². The number of nitrogens with zero attached hydrogens (tertiary/aromatic N) is 2. The quantitative estimate of drug-likeness (QED) is 0.744. The van der Waals surface area contributed by atoms with E-state index in [1.54, 1.807) is 0 Å². The van der Waals surface area contributed by atoms with Gasteiger partial charge in [0.15, 0.2) is 11.6 Å². The maximum Gasteiger partial charge on any atom is 0.276 e. The number of rotatable bonds is 3. The van der Waals surface area contributed by atoms with Crippen LogP contribution in [-0.2, 0) is 4.74 Å². The third-order valence-corrected chi connectivity index (χ3v) is 5.83. The number of oxazole rings is 1. The molecule has 1 atom stereocenters. The summed E-state index contributed by atoms with van der Waals surface area (Å²) >= 11 is 6.04. The van der Waals surface area contributed by atoms with E-state index in [-0.39, 0.29) is 17.9 Å². The molecule has 1 aromatic heterocycles. The smallest absolute Gasteiger partial charge is 0.276 e. The number of carbonyl (C=O) groups excluding carboxylic acids is 1. The van der Waals surface area contributed by atoms with E-state index in [4.69, 9.17) is 20.8 Å². The Labute approximate surface area is 164 Å². The molecular formula is C21H25ClN2O3. The summed E-state index contributed by atoms with van der Waals surface area (Å²) in [6.45, 7) is 2.19. The van der Waals surface area contributed by atoms with Crippen molar-refractivity contribution in [3.63, 3.8) is 0 Å². The number of benzene rings is 1. The van der Waals surface area contributed by atoms with Crippen LogP contribution < -0.4 is 0 Å². The SMILES string of the molecule is O=C(c1coc(C2CCOCC2)n1)N1CCCCCC1c1ccc(Cl)cc1. The number of halogens is 1. The normalized spacial score (nSPS) is 21.8. The van der Waals surface area contributed by atoms with Crippen molar-refractivity contribution in [1.29, 1.82) is 0 Å². The van der Waals surface area contributed by atoms with Gasteiger partial charge >= 0.3 is 0 Å². The van der Waals surface area contributed by atoms with Gasteiger partial charge in [-0.05, 0) is 43.4 Å². The lowest BCUT2D eigenvalue weighted by molar-refractivity contribution is 0.0674. The van der Waals surface area contributed by atoms with E-state index < -0.39 is 0 Å². The van der Waals surface area contributed by atoms with Gasteiger partial charge in [0.1, 0.15) is 6.26 Å². The molecule has 0 saturated carbocycles. The van der Waals surface area contributed by atoms with E-state index in [1.165, 1.54) is 6.26 Å². The van der Waals surface area contributed by atoms with E-state index in [0.29, 0.717) is 16.6 Å².